The molecule has 142 valence electrons. The highest BCUT2D eigenvalue weighted by atomic mass is 16.5. The Bertz CT molecular complexity index is 348. The Morgan fingerprint density at radius 1 is 0.917 bits per heavy atom. The van der Waals surface area contributed by atoms with Gasteiger partial charge in [0.25, 0.3) is 0 Å². The summed E-state index contributed by atoms with van der Waals surface area (Å²) in [7, 11) is 1.92. The SMILES string of the molecule is CC(C)C(=O)COCCOCCOCCNC(=O)CN(C)C(C)C. The molecule has 0 aliphatic rings. The van der Waals surface area contributed by atoms with Crippen molar-refractivity contribution in [2.75, 3.05) is 59.8 Å². The van der Waals surface area contributed by atoms with E-state index < -0.39 is 0 Å². The molecule has 0 saturated carbocycles. The molecule has 0 atom stereocenters. The summed E-state index contributed by atoms with van der Waals surface area (Å²) in [6.07, 6.45) is 0. The van der Waals surface area contributed by atoms with Crippen LogP contribution in [0.3, 0.4) is 0 Å². The third-order valence-corrected chi connectivity index (χ3v) is 3.48. The summed E-state index contributed by atoms with van der Waals surface area (Å²) in [5.74, 6) is 0.102. The molecule has 0 unspecified atom stereocenters. The van der Waals surface area contributed by atoms with E-state index in [1.807, 2.05) is 39.6 Å². The Morgan fingerprint density at radius 3 is 2.00 bits per heavy atom. The van der Waals surface area contributed by atoms with Crippen LogP contribution < -0.4 is 5.32 Å². The first-order chi connectivity index (χ1) is 11.3. The second kappa shape index (κ2) is 14.3. The Balaban J connectivity index is 3.31. The predicted molar refractivity (Wildman–Crippen MR) is 93.1 cm³/mol. The van der Waals surface area contributed by atoms with Crippen molar-refractivity contribution in [1.29, 1.82) is 0 Å². The highest BCUT2D eigenvalue weighted by molar-refractivity contribution is 5.81. The average Bonchev–Trinajstić information content (AvgIpc) is 2.51. The molecule has 0 rings (SSSR count). The maximum atomic E-state index is 11.6. The maximum absolute atomic E-state index is 11.6. The zero-order valence-electron chi connectivity index (χ0n) is 15.8. The lowest BCUT2D eigenvalue weighted by atomic mass is 10.1. The zero-order chi connectivity index (χ0) is 18.4. The number of likely N-dealkylation sites (N-methyl/N-ethyl adjacent to an activating group) is 1. The van der Waals surface area contributed by atoms with Crippen LogP contribution in [0.2, 0.25) is 0 Å². The van der Waals surface area contributed by atoms with Gasteiger partial charge in [0, 0.05) is 18.5 Å². The summed E-state index contributed by atoms with van der Waals surface area (Å²) in [4.78, 5) is 24.9. The van der Waals surface area contributed by atoms with Crippen molar-refractivity contribution in [3.8, 4) is 0 Å². The zero-order valence-corrected chi connectivity index (χ0v) is 15.8. The number of carbonyl (C=O) groups excluding carboxylic acids is 2. The van der Waals surface area contributed by atoms with E-state index in [9.17, 15) is 9.59 Å². The molecule has 0 fully saturated rings. The Hall–Kier alpha value is -1.02. The van der Waals surface area contributed by atoms with Gasteiger partial charge in [0.05, 0.1) is 39.6 Å². The van der Waals surface area contributed by atoms with Crippen molar-refractivity contribution in [3.05, 3.63) is 0 Å². The lowest BCUT2D eigenvalue weighted by Crippen LogP contribution is -2.39. The number of carbonyl (C=O) groups is 2. The minimum absolute atomic E-state index is 0.000793. The van der Waals surface area contributed by atoms with Gasteiger partial charge in [0.1, 0.15) is 6.61 Å². The maximum Gasteiger partial charge on any atom is 0.234 e. The smallest absolute Gasteiger partial charge is 0.234 e. The molecule has 7 heteroatoms. The summed E-state index contributed by atoms with van der Waals surface area (Å²) in [6.45, 7) is 11.0. The standard InChI is InChI=1S/C17H34N2O5/c1-14(2)16(20)13-24-11-10-23-9-8-22-7-6-18-17(21)12-19(5)15(3)4/h14-15H,6-13H2,1-5H3,(H,18,21). The molecule has 7 nitrogen and oxygen atoms in total. The lowest BCUT2D eigenvalue weighted by molar-refractivity contribution is -0.127. The molecule has 0 bridgehead atoms. The monoisotopic (exact) mass is 346 g/mol. The Labute approximate surface area is 146 Å². The van der Waals surface area contributed by atoms with Gasteiger partial charge in [0.2, 0.25) is 5.91 Å². The molecule has 0 spiro atoms. The highest BCUT2D eigenvalue weighted by Crippen LogP contribution is 1.94. The molecule has 0 aliphatic carbocycles. The van der Waals surface area contributed by atoms with Gasteiger partial charge >= 0.3 is 0 Å². The van der Waals surface area contributed by atoms with Gasteiger partial charge in [-0.25, -0.2) is 0 Å². The van der Waals surface area contributed by atoms with Crippen LogP contribution >= 0.6 is 0 Å². The summed E-state index contributed by atoms with van der Waals surface area (Å²) >= 11 is 0. The summed E-state index contributed by atoms with van der Waals surface area (Å²) in [6, 6.07) is 0.344. The quantitative estimate of drug-likeness (QED) is 0.440. The molecule has 0 radical (unpaired) electrons. The third-order valence-electron chi connectivity index (χ3n) is 3.48. The minimum Gasteiger partial charge on any atom is -0.377 e. The van der Waals surface area contributed by atoms with Crippen LogP contribution in [-0.2, 0) is 23.8 Å². The number of Topliss-reactive ketones (excluding diaryl/α,β-unsaturated/α-hetero) is 1. The Kier molecular flexibility index (Phi) is 13.7. The summed E-state index contributed by atoms with van der Waals surface area (Å²) in [5.41, 5.74) is 0. The molecule has 0 aromatic carbocycles. The average molecular weight is 346 g/mol. The first-order valence-corrected chi connectivity index (χ1v) is 8.57. The minimum atomic E-state index is -0.000793. The number of ketones is 1. The van der Waals surface area contributed by atoms with E-state index in [4.69, 9.17) is 14.2 Å². The van der Waals surface area contributed by atoms with Crippen LogP contribution in [0.15, 0.2) is 0 Å². The van der Waals surface area contributed by atoms with Gasteiger partial charge in [-0.15, -0.1) is 0 Å². The molecule has 1 amide bonds. The van der Waals surface area contributed by atoms with Crippen molar-refractivity contribution < 1.29 is 23.8 Å². The fraction of sp³-hybridized carbons (Fsp3) is 0.882. The molecular formula is C17H34N2O5. The number of amides is 1. The van der Waals surface area contributed by atoms with E-state index in [1.54, 1.807) is 0 Å². The first kappa shape index (κ1) is 23.0. The van der Waals surface area contributed by atoms with Crippen LogP contribution in [0.5, 0.6) is 0 Å². The molecule has 0 aromatic heterocycles. The highest BCUT2D eigenvalue weighted by Gasteiger charge is 2.08. The van der Waals surface area contributed by atoms with Gasteiger partial charge in [-0.3, -0.25) is 14.5 Å². The number of hydrogen-bond donors (Lipinski definition) is 1. The number of nitrogens with zero attached hydrogens (tertiary/aromatic N) is 1. The van der Waals surface area contributed by atoms with Crippen molar-refractivity contribution in [1.82, 2.24) is 10.2 Å². The summed E-state index contributed by atoms with van der Waals surface area (Å²) < 4.78 is 15.9. The van der Waals surface area contributed by atoms with E-state index in [0.717, 1.165) is 0 Å². The summed E-state index contributed by atoms with van der Waals surface area (Å²) in [5, 5.41) is 2.81. The van der Waals surface area contributed by atoms with Crippen molar-refractivity contribution >= 4 is 11.7 Å². The van der Waals surface area contributed by atoms with Gasteiger partial charge < -0.3 is 19.5 Å². The van der Waals surface area contributed by atoms with Crippen LogP contribution in [0.25, 0.3) is 0 Å². The largest absolute Gasteiger partial charge is 0.377 e. The molecule has 1 N–H and O–H groups in total. The number of nitrogens with one attached hydrogen (secondary N) is 1. The molecule has 0 saturated heterocycles. The van der Waals surface area contributed by atoms with E-state index >= 15 is 0 Å². The second-order valence-electron chi connectivity index (χ2n) is 6.26. The van der Waals surface area contributed by atoms with Crippen LogP contribution in [-0.4, -0.2) is 82.4 Å². The second-order valence-corrected chi connectivity index (χ2v) is 6.26. The van der Waals surface area contributed by atoms with E-state index in [-0.39, 0.29) is 24.2 Å². The molecule has 0 aliphatic heterocycles. The fourth-order valence-electron chi connectivity index (χ4n) is 1.51. The van der Waals surface area contributed by atoms with Crippen molar-refractivity contribution in [2.24, 2.45) is 5.92 Å². The van der Waals surface area contributed by atoms with E-state index in [0.29, 0.717) is 52.2 Å². The normalized spacial score (nSPS) is 11.5. The molecule has 0 heterocycles. The van der Waals surface area contributed by atoms with Gasteiger partial charge in [-0.1, -0.05) is 13.8 Å². The number of ether oxygens (including phenoxy) is 3. The fourth-order valence-corrected chi connectivity index (χ4v) is 1.51. The molecular weight excluding hydrogens is 312 g/mol. The van der Waals surface area contributed by atoms with Crippen LogP contribution in [0.1, 0.15) is 27.7 Å². The van der Waals surface area contributed by atoms with Gasteiger partial charge in [0.15, 0.2) is 5.78 Å². The lowest BCUT2D eigenvalue weighted by Gasteiger charge is -2.20. The van der Waals surface area contributed by atoms with E-state index in [1.165, 1.54) is 0 Å². The van der Waals surface area contributed by atoms with Crippen LogP contribution in [0.4, 0.5) is 0 Å². The third kappa shape index (κ3) is 13.4. The van der Waals surface area contributed by atoms with Crippen LogP contribution in [0, 0.1) is 5.92 Å². The molecule has 0 aromatic rings. The number of hydrogen-bond acceptors (Lipinski definition) is 6. The number of rotatable bonds is 15. The topological polar surface area (TPSA) is 77.1 Å². The predicted octanol–water partition coefficient (Wildman–Crippen LogP) is 0.718. The van der Waals surface area contributed by atoms with Crippen molar-refractivity contribution in [2.45, 2.75) is 33.7 Å². The Morgan fingerprint density at radius 2 is 1.46 bits per heavy atom. The van der Waals surface area contributed by atoms with Gasteiger partial charge in [-0.05, 0) is 20.9 Å². The van der Waals surface area contributed by atoms with Gasteiger partial charge in [-0.2, -0.15) is 0 Å². The van der Waals surface area contributed by atoms with E-state index in [2.05, 4.69) is 5.32 Å². The molecule has 24 heavy (non-hydrogen) atoms. The first-order valence-electron chi connectivity index (χ1n) is 8.57. The van der Waals surface area contributed by atoms with Crippen molar-refractivity contribution in [3.63, 3.8) is 0 Å².